The Kier molecular flexibility index (Phi) is 5.16. The van der Waals surface area contributed by atoms with Crippen LogP contribution in [0.5, 0.6) is 0 Å². The molecule has 0 aliphatic heterocycles. The maximum absolute atomic E-state index is 7.02. The van der Waals surface area contributed by atoms with E-state index >= 15 is 0 Å². The lowest BCUT2D eigenvalue weighted by molar-refractivity contribution is 1.23. The lowest BCUT2D eigenvalue weighted by Gasteiger charge is -2.04. The molecule has 0 fully saturated rings. The summed E-state index contributed by atoms with van der Waals surface area (Å²) in [5, 5.41) is 7.02. The van der Waals surface area contributed by atoms with Crippen molar-refractivity contribution in [2.24, 2.45) is 5.73 Å². The Hall–Kier alpha value is -1.02. The normalized spacial score (nSPS) is 14.6. The third-order valence-electron chi connectivity index (χ3n) is 1.68. The van der Waals surface area contributed by atoms with E-state index in [0.717, 1.165) is 16.8 Å². The van der Waals surface area contributed by atoms with Crippen LogP contribution in [0.3, 0.4) is 0 Å². The van der Waals surface area contributed by atoms with E-state index in [2.05, 4.69) is 0 Å². The predicted molar refractivity (Wildman–Crippen MR) is 59.0 cm³/mol. The van der Waals surface area contributed by atoms with Crippen LogP contribution in [0.4, 0.5) is 0 Å². The Morgan fingerprint density at radius 2 is 1.85 bits per heavy atom. The Bertz CT molecular complexity index is 281. The molecule has 0 rings (SSSR count). The van der Waals surface area contributed by atoms with E-state index in [1.807, 2.05) is 26.8 Å². The van der Waals surface area contributed by atoms with Crippen LogP contribution < -0.4 is 5.73 Å². The maximum atomic E-state index is 7.02. The van der Waals surface area contributed by atoms with Crippen molar-refractivity contribution in [1.29, 1.82) is 5.41 Å². The summed E-state index contributed by atoms with van der Waals surface area (Å²) in [7, 11) is 0. The smallest absolute Gasteiger partial charge is 0.120 e. The lowest BCUT2D eigenvalue weighted by Crippen LogP contribution is -1.98. The van der Waals surface area contributed by atoms with Crippen molar-refractivity contribution in [3.63, 3.8) is 0 Å². The van der Waals surface area contributed by atoms with Crippen LogP contribution in [0.1, 0.15) is 20.8 Å². The minimum absolute atomic E-state index is 0.00246. The number of hydrogen-bond acceptors (Lipinski definition) is 2. The zero-order valence-electron chi connectivity index (χ0n) is 8.19. The second-order valence-corrected chi connectivity index (χ2v) is 3.16. The van der Waals surface area contributed by atoms with Crippen molar-refractivity contribution in [2.45, 2.75) is 20.8 Å². The van der Waals surface area contributed by atoms with Gasteiger partial charge in [0.05, 0.1) is 0 Å². The van der Waals surface area contributed by atoms with Crippen molar-refractivity contribution in [2.75, 3.05) is 0 Å². The summed E-state index contributed by atoms with van der Waals surface area (Å²) in [6.45, 7) is 5.73. The third-order valence-corrected chi connectivity index (χ3v) is 1.81. The van der Waals surface area contributed by atoms with Gasteiger partial charge in [0.25, 0.3) is 0 Å². The van der Waals surface area contributed by atoms with Crippen molar-refractivity contribution in [3.05, 3.63) is 35.1 Å². The fourth-order valence-electron chi connectivity index (χ4n) is 0.886. The number of allylic oxidation sites excluding steroid dienone is 6. The Morgan fingerprint density at radius 1 is 1.31 bits per heavy atom. The number of nitrogens with two attached hydrogens (primary N) is 1. The number of hydrogen-bond donors (Lipinski definition) is 2. The average molecular weight is 199 g/mol. The van der Waals surface area contributed by atoms with Gasteiger partial charge in [0.15, 0.2) is 0 Å². The fraction of sp³-hybridized carbons (Fsp3) is 0.300. The first-order valence-corrected chi connectivity index (χ1v) is 4.38. The first kappa shape index (κ1) is 12.0. The quantitative estimate of drug-likeness (QED) is 0.532. The summed E-state index contributed by atoms with van der Waals surface area (Å²) in [6.07, 6.45) is 5.23. The Morgan fingerprint density at radius 3 is 2.15 bits per heavy atom. The van der Waals surface area contributed by atoms with Gasteiger partial charge in [0, 0.05) is 5.70 Å². The topological polar surface area (TPSA) is 49.9 Å². The highest BCUT2D eigenvalue weighted by Crippen LogP contribution is 2.13. The Labute approximate surface area is 84.3 Å². The minimum Gasteiger partial charge on any atom is -0.402 e. The van der Waals surface area contributed by atoms with E-state index in [9.17, 15) is 0 Å². The predicted octanol–water partition coefficient (Wildman–Crippen LogP) is 2.96. The van der Waals surface area contributed by atoms with E-state index < -0.39 is 0 Å². The number of nitrogens with one attached hydrogen (secondary N) is 1. The Balaban J connectivity index is 4.88. The summed E-state index contributed by atoms with van der Waals surface area (Å²) in [5.41, 5.74) is 8.40. The molecule has 0 aliphatic carbocycles. The average Bonchev–Trinajstić information content (AvgIpc) is 2.03. The van der Waals surface area contributed by atoms with Crippen molar-refractivity contribution in [1.82, 2.24) is 0 Å². The van der Waals surface area contributed by atoms with E-state index in [1.54, 1.807) is 6.08 Å². The summed E-state index contributed by atoms with van der Waals surface area (Å²) < 4.78 is 0. The molecular weight excluding hydrogens is 184 g/mol. The highest BCUT2D eigenvalue weighted by Gasteiger charge is 1.97. The summed E-state index contributed by atoms with van der Waals surface area (Å²) in [5.74, 6) is 0. The highest BCUT2D eigenvalue weighted by molar-refractivity contribution is 6.67. The molecule has 13 heavy (non-hydrogen) atoms. The molecule has 0 bridgehead atoms. The molecule has 0 aromatic heterocycles. The number of rotatable bonds is 3. The third kappa shape index (κ3) is 4.53. The molecule has 0 saturated heterocycles. The van der Waals surface area contributed by atoms with Gasteiger partial charge in [-0.3, -0.25) is 5.41 Å². The van der Waals surface area contributed by atoms with Gasteiger partial charge in [-0.1, -0.05) is 17.7 Å². The van der Waals surface area contributed by atoms with E-state index in [-0.39, 0.29) is 5.17 Å². The van der Waals surface area contributed by atoms with Gasteiger partial charge < -0.3 is 5.73 Å². The van der Waals surface area contributed by atoms with Crippen LogP contribution >= 0.6 is 11.6 Å². The molecule has 0 radical (unpaired) electrons. The molecule has 0 aromatic rings. The standard InChI is InChI=1S/C10H15ClN2/c1-4-7(2)9(8(3)12)5-6-10(11)13/h4-6,13H,12H2,1-3H3/b6-5-,7-4-,9-8?,13-10?. The molecule has 0 saturated carbocycles. The second-order valence-electron chi connectivity index (χ2n) is 2.75. The molecule has 0 spiro atoms. The first-order chi connectivity index (χ1) is 5.99. The first-order valence-electron chi connectivity index (χ1n) is 4.00. The van der Waals surface area contributed by atoms with Gasteiger partial charge in [-0.15, -0.1) is 0 Å². The van der Waals surface area contributed by atoms with Gasteiger partial charge in [0.1, 0.15) is 5.17 Å². The van der Waals surface area contributed by atoms with Gasteiger partial charge in [-0.2, -0.15) is 0 Å². The second kappa shape index (κ2) is 5.60. The van der Waals surface area contributed by atoms with Gasteiger partial charge in [-0.05, 0) is 44.1 Å². The zero-order chi connectivity index (χ0) is 10.4. The molecule has 2 nitrogen and oxygen atoms in total. The van der Waals surface area contributed by atoms with Crippen LogP contribution in [0.25, 0.3) is 0 Å². The van der Waals surface area contributed by atoms with Crippen LogP contribution in [0.2, 0.25) is 0 Å². The lowest BCUT2D eigenvalue weighted by atomic mass is 10.1. The minimum atomic E-state index is 0.00246. The van der Waals surface area contributed by atoms with Crippen molar-refractivity contribution < 1.29 is 0 Å². The summed E-state index contributed by atoms with van der Waals surface area (Å²) in [4.78, 5) is 0. The molecule has 0 aromatic carbocycles. The van der Waals surface area contributed by atoms with Gasteiger partial charge >= 0.3 is 0 Å². The van der Waals surface area contributed by atoms with E-state index in [1.165, 1.54) is 6.08 Å². The van der Waals surface area contributed by atoms with E-state index in [4.69, 9.17) is 22.7 Å². The van der Waals surface area contributed by atoms with Crippen LogP contribution in [0, 0.1) is 5.41 Å². The molecule has 0 heterocycles. The molecular formula is C10H15ClN2. The summed E-state index contributed by atoms with van der Waals surface area (Å²) >= 11 is 5.39. The van der Waals surface area contributed by atoms with Gasteiger partial charge in [-0.25, -0.2) is 0 Å². The van der Waals surface area contributed by atoms with Crippen molar-refractivity contribution >= 4 is 16.8 Å². The molecule has 3 heteroatoms. The monoisotopic (exact) mass is 198 g/mol. The van der Waals surface area contributed by atoms with Crippen LogP contribution in [-0.4, -0.2) is 5.17 Å². The SMILES string of the molecule is C/C=C(/C)C(/C=C\C(=N)Cl)=C(C)N. The molecule has 0 atom stereocenters. The largest absolute Gasteiger partial charge is 0.402 e. The molecule has 0 unspecified atom stereocenters. The maximum Gasteiger partial charge on any atom is 0.120 e. The fourth-order valence-corrected chi connectivity index (χ4v) is 0.949. The van der Waals surface area contributed by atoms with Crippen LogP contribution in [-0.2, 0) is 0 Å². The molecule has 0 amide bonds. The zero-order valence-corrected chi connectivity index (χ0v) is 8.94. The molecule has 72 valence electrons. The van der Waals surface area contributed by atoms with Crippen LogP contribution in [0.15, 0.2) is 35.1 Å². The molecule has 0 aliphatic rings. The number of halogens is 1. The molecule has 3 N–H and O–H groups in total. The summed E-state index contributed by atoms with van der Waals surface area (Å²) in [6, 6.07) is 0. The van der Waals surface area contributed by atoms with Crippen molar-refractivity contribution in [3.8, 4) is 0 Å². The highest BCUT2D eigenvalue weighted by atomic mass is 35.5. The van der Waals surface area contributed by atoms with E-state index in [0.29, 0.717) is 0 Å². The van der Waals surface area contributed by atoms with Gasteiger partial charge in [0.2, 0.25) is 0 Å².